The van der Waals surface area contributed by atoms with Crippen LogP contribution < -0.4 is 10.5 Å². The highest BCUT2D eigenvalue weighted by molar-refractivity contribution is 9.10. The zero-order chi connectivity index (χ0) is 14.7. The average molecular weight is 359 g/mol. The highest BCUT2D eigenvalue weighted by Gasteiger charge is 2.14. The van der Waals surface area contributed by atoms with Gasteiger partial charge in [0.2, 0.25) is 0 Å². The van der Waals surface area contributed by atoms with Gasteiger partial charge in [0.05, 0.1) is 5.02 Å². The largest absolute Gasteiger partial charge is 0.452 e. The number of hydrogen-bond acceptors (Lipinski definition) is 2. The Morgan fingerprint density at radius 2 is 2.10 bits per heavy atom. The SMILES string of the molecule is CC(N)Cc1cccc(F)c1Oc1ccc(Br)cc1Cl. The number of halogens is 3. The Hall–Kier alpha value is -1.10. The second-order valence-corrected chi connectivity index (χ2v) is 5.91. The molecule has 0 bridgehead atoms. The van der Waals surface area contributed by atoms with Crippen molar-refractivity contribution in [3.63, 3.8) is 0 Å². The van der Waals surface area contributed by atoms with E-state index in [2.05, 4.69) is 15.9 Å². The van der Waals surface area contributed by atoms with Gasteiger partial charge in [-0.3, -0.25) is 0 Å². The number of rotatable bonds is 4. The maximum Gasteiger partial charge on any atom is 0.166 e. The fraction of sp³-hybridized carbons (Fsp3) is 0.200. The quantitative estimate of drug-likeness (QED) is 0.841. The third-order valence-corrected chi connectivity index (χ3v) is 3.48. The molecule has 0 aliphatic carbocycles. The van der Waals surface area contributed by atoms with Crippen molar-refractivity contribution in [3.8, 4) is 11.5 Å². The van der Waals surface area contributed by atoms with E-state index in [1.165, 1.54) is 6.07 Å². The minimum Gasteiger partial charge on any atom is -0.452 e. The molecule has 5 heteroatoms. The molecule has 0 aromatic heterocycles. The molecule has 0 aliphatic rings. The average Bonchev–Trinajstić information content (AvgIpc) is 2.35. The first kappa shape index (κ1) is 15.3. The minimum absolute atomic E-state index is 0.0838. The molecule has 0 radical (unpaired) electrons. The predicted molar refractivity (Wildman–Crippen MR) is 83.0 cm³/mol. The molecule has 2 rings (SSSR count). The van der Waals surface area contributed by atoms with Crippen molar-refractivity contribution in [2.45, 2.75) is 19.4 Å². The summed E-state index contributed by atoms with van der Waals surface area (Å²) in [6.07, 6.45) is 0.529. The van der Waals surface area contributed by atoms with Gasteiger partial charge in [-0.25, -0.2) is 4.39 Å². The number of para-hydroxylation sites is 1. The first-order valence-corrected chi connectivity index (χ1v) is 7.30. The molecule has 0 spiro atoms. The molecular weight excluding hydrogens is 345 g/mol. The van der Waals surface area contributed by atoms with Gasteiger partial charge in [0.25, 0.3) is 0 Å². The van der Waals surface area contributed by atoms with Crippen LogP contribution in [-0.2, 0) is 6.42 Å². The van der Waals surface area contributed by atoms with Gasteiger partial charge in [-0.1, -0.05) is 39.7 Å². The van der Waals surface area contributed by atoms with Gasteiger partial charge in [-0.15, -0.1) is 0 Å². The fourth-order valence-corrected chi connectivity index (χ4v) is 2.56. The molecule has 0 amide bonds. The van der Waals surface area contributed by atoms with Crippen LogP contribution in [0.3, 0.4) is 0 Å². The Morgan fingerprint density at radius 1 is 1.35 bits per heavy atom. The van der Waals surface area contributed by atoms with Gasteiger partial charge in [0.1, 0.15) is 5.75 Å². The maximum atomic E-state index is 14.0. The molecule has 1 atom stereocenters. The Kier molecular flexibility index (Phi) is 5.02. The fourth-order valence-electron chi connectivity index (χ4n) is 1.84. The molecule has 2 nitrogen and oxygen atoms in total. The monoisotopic (exact) mass is 357 g/mol. The minimum atomic E-state index is -0.429. The molecule has 2 aromatic rings. The van der Waals surface area contributed by atoms with Crippen molar-refractivity contribution < 1.29 is 9.13 Å². The molecule has 106 valence electrons. The van der Waals surface area contributed by atoms with Crippen LogP contribution in [0.2, 0.25) is 5.02 Å². The van der Waals surface area contributed by atoms with Crippen LogP contribution in [0.4, 0.5) is 4.39 Å². The highest BCUT2D eigenvalue weighted by atomic mass is 79.9. The van der Waals surface area contributed by atoms with E-state index in [4.69, 9.17) is 22.1 Å². The molecule has 0 fully saturated rings. The lowest BCUT2D eigenvalue weighted by Crippen LogP contribution is -2.18. The zero-order valence-corrected chi connectivity index (χ0v) is 13.2. The normalized spacial score (nSPS) is 12.2. The van der Waals surface area contributed by atoms with Crippen molar-refractivity contribution in [3.05, 3.63) is 57.3 Å². The summed E-state index contributed by atoms with van der Waals surface area (Å²) in [7, 11) is 0. The Balaban J connectivity index is 2.37. The van der Waals surface area contributed by atoms with Gasteiger partial charge in [-0.2, -0.15) is 0 Å². The van der Waals surface area contributed by atoms with Crippen molar-refractivity contribution in [2.75, 3.05) is 0 Å². The summed E-state index contributed by atoms with van der Waals surface area (Å²) in [5.41, 5.74) is 6.50. The Bertz CT molecular complexity index is 619. The third-order valence-electron chi connectivity index (χ3n) is 2.70. The highest BCUT2D eigenvalue weighted by Crippen LogP contribution is 2.34. The number of nitrogens with two attached hydrogens (primary N) is 1. The summed E-state index contributed by atoms with van der Waals surface area (Å²) >= 11 is 9.40. The van der Waals surface area contributed by atoms with Gasteiger partial charge in [0, 0.05) is 10.5 Å². The van der Waals surface area contributed by atoms with E-state index in [1.807, 2.05) is 6.92 Å². The van der Waals surface area contributed by atoms with Crippen molar-refractivity contribution in [1.82, 2.24) is 0 Å². The van der Waals surface area contributed by atoms with Crippen molar-refractivity contribution in [1.29, 1.82) is 0 Å². The number of ether oxygens (including phenoxy) is 1. The Labute approximate surface area is 130 Å². The van der Waals surface area contributed by atoms with Crippen LogP contribution in [0.5, 0.6) is 11.5 Å². The van der Waals surface area contributed by atoms with Crippen LogP contribution in [0.25, 0.3) is 0 Å². The van der Waals surface area contributed by atoms with Gasteiger partial charge >= 0.3 is 0 Å². The maximum absolute atomic E-state index is 14.0. The van der Waals surface area contributed by atoms with E-state index in [9.17, 15) is 4.39 Å². The number of hydrogen-bond donors (Lipinski definition) is 1. The molecule has 0 aliphatic heterocycles. The molecule has 2 aromatic carbocycles. The van der Waals surface area contributed by atoms with E-state index in [0.717, 1.165) is 10.0 Å². The van der Waals surface area contributed by atoms with Crippen LogP contribution in [0.15, 0.2) is 40.9 Å². The Morgan fingerprint density at radius 3 is 2.75 bits per heavy atom. The first-order chi connectivity index (χ1) is 9.47. The lowest BCUT2D eigenvalue weighted by Gasteiger charge is -2.14. The molecular formula is C15H14BrClFNO. The van der Waals surface area contributed by atoms with Crippen LogP contribution in [0, 0.1) is 5.82 Å². The summed E-state index contributed by atoms with van der Waals surface area (Å²) in [5, 5.41) is 0.411. The van der Waals surface area contributed by atoms with E-state index in [1.54, 1.807) is 30.3 Å². The summed E-state index contributed by atoms with van der Waals surface area (Å²) in [5.74, 6) is 0.155. The zero-order valence-electron chi connectivity index (χ0n) is 10.9. The smallest absolute Gasteiger partial charge is 0.166 e. The summed E-state index contributed by atoms with van der Waals surface area (Å²) in [6, 6.07) is 9.88. The van der Waals surface area contributed by atoms with Gasteiger partial charge in [-0.05, 0) is 43.2 Å². The standard InChI is InChI=1S/C15H14BrClFNO/c1-9(19)7-10-3-2-4-13(18)15(10)20-14-6-5-11(16)8-12(14)17/h2-6,8-9H,7,19H2,1H3. The van der Waals surface area contributed by atoms with E-state index < -0.39 is 5.82 Å². The topological polar surface area (TPSA) is 35.2 Å². The van der Waals surface area contributed by atoms with Crippen molar-refractivity contribution >= 4 is 27.5 Å². The van der Waals surface area contributed by atoms with E-state index in [0.29, 0.717) is 17.2 Å². The molecule has 2 N–H and O–H groups in total. The van der Waals surface area contributed by atoms with Crippen LogP contribution in [0.1, 0.15) is 12.5 Å². The van der Waals surface area contributed by atoms with Crippen LogP contribution in [-0.4, -0.2) is 6.04 Å². The number of benzene rings is 2. The van der Waals surface area contributed by atoms with Crippen LogP contribution >= 0.6 is 27.5 Å². The molecule has 0 saturated carbocycles. The lowest BCUT2D eigenvalue weighted by atomic mass is 10.1. The lowest BCUT2D eigenvalue weighted by molar-refractivity contribution is 0.434. The molecule has 0 saturated heterocycles. The molecule has 20 heavy (non-hydrogen) atoms. The summed E-state index contributed by atoms with van der Waals surface area (Å²) in [6.45, 7) is 1.86. The third kappa shape index (κ3) is 3.72. The summed E-state index contributed by atoms with van der Waals surface area (Å²) in [4.78, 5) is 0. The van der Waals surface area contributed by atoms with Gasteiger partial charge < -0.3 is 10.5 Å². The van der Waals surface area contributed by atoms with Gasteiger partial charge in [0.15, 0.2) is 11.6 Å². The predicted octanol–water partition coefficient (Wildman–Crippen LogP) is 4.92. The van der Waals surface area contributed by atoms with E-state index in [-0.39, 0.29) is 11.8 Å². The van der Waals surface area contributed by atoms with E-state index >= 15 is 0 Å². The molecule has 1 unspecified atom stereocenters. The summed E-state index contributed by atoms with van der Waals surface area (Å²) < 4.78 is 20.5. The second-order valence-electron chi connectivity index (χ2n) is 4.59. The first-order valence-electron chi connectivity index (χ1n) is 6.13. The molecule has 0 heterocycles. The van der Waals surface area contributed by atoms with Crippen molar-refractivity contribution in [2.24, 2.45) is 5.73 Å². The second kappa shape index (κ2) is 6.57.